The Labute approximate surface area is 160 Å². The molecule has 1 aliphatic carbocycles. The summed E-state index contributed by atoms with van der Waals surface area (Å²) in [4.78, 5) is 26.6. The fraction of sp³-hybridized carbons (Fsp3) is 0.364. The van der Waals surface area contributed by atoms with E-state index in [2.05, 4.69) is 41.5 Å². The molecule has 1 saturated carbocycles. The molecule has 5 nitrogen and oxygen atoms in total. The smallest absolute Gasteiger partial charge is 0.251 e. The molecule has 5 heteroatoms. The number of anilines is 2. The molecule has 0 aromatic heterocycles. The summed E-state index contributed by atoms with van der Waals surface area (Å²) in [6.07, 6.45) is 1.92. The number of hydrogen-bond acceptors (Lipinski definition) is 3. The quantitative estimate of drug-likeness (QED) is 0.751. The van der Waals surface area contributed by atoms with Crippen LogP contribution in [0.4, 0.5) is 11.4 Å². The summed E-state index contributed by atoms with van der Waals surface area (Å²) in [5.41, 5.74) is 3.65. The average molecular weight is 365 g/mol. The van der Waals surface area contributed by atoms with Crippen molar-refractivity contribution in [3.63, 3.8) is 0 Å². The monoisotopic (exact) mass is 365 g/mol. The second kappa shape index (κ2) is 8.71. The Balaban J connectivity index is 1.54. The summed E-state index contributed by atoms with van der Waals surface area (Å²) in [6, 6.07) is 15.4. The van der Waals surface area contributed by atoms with Crippen molar-refractivity contribution >= 4 is 23.2 Å². The lowest BCUT2D eigenvalue weighted by molar-refractivity contribution is -0.117. The van der Waals surface area contributed by atoms with Crippen LogP contribution in [-0.4, -0.2) is 31.4 Å². The first-order valence-electron chi connectivity index (χ1n) is 9.58. The van der Waals surface area contributed by atoms with Crippen LogP contribution in [0.25, 0.3) is 0 Å². The number of aryl methyl sites for hydroxylation is 1. The number of benzene rings is 2. The first-order valence-corrected chi connectivity index (χ1v) is 9.58. The van der Waals surface area contributed by atoms with Crippen molar-refractivity contribution in [2.45, 2.75) is 26.7 Å². The van der Waals surface area contributed by atoms with Gasteiger partial charge in [-0.25, -0.2) is 0 Å². The maximum absolute atomic E-state index is 12.5. The molecule has 142 valence electrons. The minimum atomic E-state index is -0.127. The van der Waals surface area contributed by atoms with Crippen molar-refractivity contribution in [2.75, 3.05) is 29.9 Å². The minimum Gasteiger partial charge on any atom is -0.370 e. The molecule has 0 heterocycles. The highest BCUT2D eigenvalue weighted by molar-refractivity contribution is 5.98. The van der Waals surface area contributed by atoms with Crippen LogP contribution in [0.3, 0.4) is 0 Å². The minimum absolute atomic E-state index is 0.0457. The molecule has 2 aromatic carbocycles. The van der Waals surface area contributed by atoms with Gasteiger partial charge in [0.05, 0.1) is 0 Å². The fourth-order valence-electron chi connectivity index (χ4n) is 3.10. The fourth-order valence-corrected chi connectivity index (χ4v) is 3.10. The number of nitrogens with one attached hydrogen (secondary N) is 2. The predicted molar refractivity (Wildman–Crippen MR) is 109 cm³/mol. The van der Waals surface area contributed by atoms with E-state index in [-0.39, 0.29) is 17.7 Å². The third-order valence-corrected chi connectivity index (χ3v) is 4.85. The lowest BCUT2D eigenvalue weighted by atomic mass is 10.1. The third-order valence-electron chi connectivity index (χ3n) is 4.85. The lowest BCUT2D eigenvalue weighted by Gasteiger charge is -2.25. The van der Waals surface area contributed by atoms with E-state index in [1.165, 1.54) is 11.3 Å². The Morgan fingerprint density at radius 1 is 1.11 bits per heavy atom. The number of likely N-dealkylation sites (N-methyl/N-ethyl adjacent to an activating group) is 1. The number of nitrogens with zero attached hydrogens (tertiary/aromatic N) is 1. The number of rotatable bonds is 8. The van der Waals surface area contributed by atoms with Gasteiger partial charge < -0.3 is 15.5 Å². The van der Waals surface area contributed by atoms with E-state index in [1.807, 2.05) is 18.2 Å². The van der Waals surface area contributed by atoms with Crippen molar-refractivity contribution in [3.8, 4) is 0 Å². The summed E-state index contributed by atoms with van der Waals surface area (Å²) in [7, 11) is 0. The SMILES string of the molecule is CCN(CCNC(=O)c1cccc(NC(=O)C2CC2)c1)c1ccccc1C. The molecule has 0 radical (unpaired) electrons. The second-order valence-electron chi connectivity index (χ2n) is 6.97. The van der Waals surface area contributed by atoms with Crippen molar-refractivity contribution in [2.24, 2.45) is 5.92 Å². The first kappa shape index (κ1) is 19.0. The Morgan fingerprint density at radius 3 is 2.59 bits per heavy atom. The van der Waals surface area contributed by atoms with Crippen LogP contribution in [0.5, 0.6) is 0 Å². The van der Waals surface area contributed by atoms with Crippen molar-refractivity contribution in [1.29, 1.82) is 0 Å². The Kier molecular flexibility index (Phi) is 6.12. The van der Waals surface area contributed by atoms with Crippen LogP contribution in [0, 0.1) is 12.8 Å². The van der Waals surface area contributed by atoms with Gasteiger partial charge in [-0.05, 0) is 56.5 Å². The van der Waals surface area contributed by atoms with E-state index in [0.717, 1.165) is 25.9 Å². The number of hydrogen-bond donors (Lipinski definition) is 2. The van der Waals surface area contributed by atoms with E-state index < -0.39 is 0 Å². The summed E-state index contributed by atoms with van der Waals surface area (Å²) >= 11 is 0. The van der Waals surface area contributed by atoms with Gasteiger partial charge in [0.25, 0.3) is 5.91 Å². The molecule has 0 spiro atoms. The van der Waals surface area contributed by atoms with E-state index >= 15 is 0 Å². The van der Waals surface area contributed by atoms with Crippen LogP contribution in [0.2, 0.25) is 0 Å². The molecule has 0 saturated heterocycles. The van der Waals surface area contributed by atoms with Crippen LogP contribution in [0.15, 0.2) is 48.5 Å². The molecule has 1 aliphatic rings. The Morgan fingerprint density at radius 2 is 1.89 bits per heavy atom. The van der Waals surface area contributed by atoms with Crippen molar-refractivity contribution in [1.82, 2.24) is 5.32 Å². The zero-order chi connectivity index (χ0) is 19.2. The van der Waals surface area contributed by atoms with Crippen LogP contribution >= 0.6 is 0 Å². The summed E-state index contributed by atoms with van der Waals surface area (Å²) in [5.74, 6) is 0.0617. The molecular formula is C22H27N3O2. The maximum Gasteiger partial charge on any atom is 0.251 e. The molecule has 3 rings (SSSR count). The molecule has 2 amide bonds. The van der Waals surface area contributed by atoms with Gasteiger partial charge in [-0.3, -0.25) is 9.59 Å². The topological polar surface area (TPSA) is 61.4 Å². The largest absolute Gasteiger partial charge is 0.370 e. The third kappa shape index (κ3) is 5.09. The molecular weight excluding hydrogens is 338 g/mol. The molecule has 2 aromatic rings. The number of carbonyl (C=O) groups excluding carboxylic acids is 2. The maximum atomic E-state index is 12.5. The molecule has 0 atom stereocenters. The zero-order valence-electron chi connectivity index (χ0n) is 16.0. The zero-order valence-corrected chi connectivity index (χ0v) is 16.0. The Bertz CT molecular complexity index is 815. The molecule has 27 heavy (non-hydrogen) atoms. The van der Waals surface area contributed by atoms with Gasteiger partial charge in [0.2, 0.25) is 5.91 Å². The van der Waals surface area contributed by atoms with Crippen molar-refractivity contribution < 1.29 is 9.59 Å². The number of para-hydroxylation sites is 1. The van der Waals surface area contributed by atoms with E-state index in [1.54, 1.807) is 18.2 Å². The van der Waals surface area contributed by atoms with Crippen LogP contribution in [-0.2, 0) is 4.79 Å². The van der Waals surface area contributed by atoms with Crippen LogP contribution in [0.1, 0.15) is 35.7 Å². The van der Waals surface area contributed by atoms with E-state index in [0.29, 0.717) is 17.8 Å². The summed E-state index contributed by atoms with van der Waals surface area (Å²) < 4.78 is 0. The lowest BCUT2D eigenvalue weighted by Crippen LogP contribution is -2.35. The molecule has 2 N–H and O–H groups in total. The summed E-state index contributed by atoms with van der Waals surface area (Å²) in [5, 5.41) is 5.86. The molecule has 0 aliphatic heterocycles. The number of carbonyl (C=O) groups is 2. The van der Waals surface area contributed by atoms with Gasteiger partial charge in [0.15, 0.2) is 0 Å². The van der Waals surface area contributed by atoms with Crippen molar-refractivity contribution in [3.05, 3.63) is 59.7 Å². The van der Waals surface area contributed by atoms with Gasteiger partial charge in [-0.1, -0.05) is 24.3 Å². The first-order chi connectivity index (χ1) is 13.1. The molecule has 0 bridgehead atoms. The van der Waals surface area contributed by atoms with Gasteiger partial charge >= 0.3 is 0 Å². The molecule has 0 unspecified atom stereocenters. The highest BCUT2D eigenvalue weighted by atomic mass is 16.2. The van der Waals surface area contributed by atoms with E-state index in [9.17, 15) is 9.59 Å². The van der Waals surface area contributed by atoms with Gasteiger partial charge in [0, 0.05) is 42.5 Å². The van der Waals surface area contributed by atoms with Crippen LogP contribution < -0.4 is 15.5 Å². The molecule has 1 fully saturated rings. The van der Waals surface area contributed by atoms with Gasteiger partial charge in [-0.2, -0.15) is 0 Å². The van der Waals surface area contributed by atoms with Gasteiger partial charge in [0.1, 0.15) is 0 Å². The highest BCUT2D eigenvalue weighted by Crippen LogP contribution is 2.30. The normalized spacial score (nSPS) is 13.1. The predicted octanol–water partition coefficient (Wildman–Crippen LogP) is 3.60. The van der Waals surface area contributed by atoms with E-state index in [4.69, 9.17) is 0 Å². The van der Waals surface area contributed by atoms with Gasteiger partial charge in [-0.15, -0.1) is 0 Å². The average Bonchev–Trinajstić information content (AvgIpc) is 3.51. The Hall–Kier alpha value is -2.82. The second-order valence-corrected chi connectivity index (χ2v) is 6.97. The highest BCUT2D eigenvalue weighted by Gasteiger charge is 2.29. The standard InChI is InChI=1S/C22H27N3O2/c1-3-25(20-10-5-4-7-16(20)2)14-13-23-21(26)18-8-6-9-19(15-18)24-22(27)17-11-12-17/h4-10,15,17H,3,11-14H2,1-2H3,(H,23,26)(H,24,27). The number of amides is 2. The summed E-state index contributed by atoms with van der Waals surface area (Å²) in [6.45, 7) is 6.38.